The zero-order valence-corrected chi connectivity index (χ0v) is 29.3. The molecule has 10 nitrogen and oxygen atoms in total. The van der Waals surface area contributed by atoms with Crippen LogP contribution in [0.1, 0.15) is 62.0 Å². The van der Waals surface area contributed by atoms with Crippen molar-refractivity contribution >= 4 is 56.6 Å². The summed E-state index contributed by atoms with van der Waals surface area (Å²) >= 11 is 12.5. The van der Waals surface area contributed by atoms with Crippen LogP contribution in [0.25, 0.3) is 0 Å². The van der Waals surface area contributed by atoms with E-state index in [1.165, 1.54) is 37.1 Å². The van der Waals surface area contributed by atoms with Gasteiger partial charge in [0.05, 0.1) is 21.9 Å². The molecule has 2 aromatic rings. The lowest BCUT2D eigenvalue weighted by Crippen LogP contribution is -2.50. The molecular formula is C31H39Cl2F3N4O6S. The fourth-order valence-corrected chi connectivity index (χ4v) is 6.70. The number of benzene rings is 2. The van der Waals surface area contributed by atoms with Crippen LogP contribution in [0, 0.1) is 0 Å². The van der Waals surface area contributed by atoms with Gasteiger partial charge in [-0.1, -0.05) is 30.1 Å². The van der Waals surface area contributed by atoms with Gasteiger partial charge in [-0.15, -0.1) is 0 Å². The number of carbonyl (C=O) groups is 3. The molecule has 0 bridgehead atoms. The summed E-state index contributed by atoms with van der Waals surface area (Å²) in [5.74, 6) is -1.58. The summed E-state index contributed by atoms with van der Waals surface area (Å²) in [6, 6.07) is 5.34. The molecule has 0 aliphatic carbocycles. The van der Waals surface area contributed by atoms with Crippen LogP contribution in [0.2, 0.25) is 10.0 Å². The first-order valence-electron chi connectivity index (χ1n) is 14.8. The van der Waals surface area contributed by atoms with Gasteiger partial charge >= 0.3 is 12.3 Å². The predicted octanol–water partition coefficient (Wildman–Crippen LogP) is 6.03. The Morgan fingerprint density at radius 2 is 1.74 bits per heavy atom. The average molecular weight is 724 g/mol. The molecule has 2 aromatic carbocycles. The zero-order chi connectivity index (χ0) is 35.5. The second-order valence-corrected chi connectivity index (χ2v) is 15.3. The number of nitrogens with zero attached hydrogens (tertiary/aromatic N) is 3. The van der Waals surface area contributed by atoms with Gasteiger partial charge in [-0.3, -0.25) is 14.5 Å². The van der Waals surface area contributed by atoms with Crippen molar-refractivity contribution in [3.63, 3.8) is 0 Å². The molecule has 47 heavy (non-hydrogen) atoms. The molecule has 0 saturated carbocycles. The standard InChI is InChI=1S/C31H39Cl2F3N4O6S/c1-7-47(44,45)26-11-10-20(32)15-25(26)39(6)28(42)19-13-23(31(34,35)36)22(24(33)14-19)18-40-12-8-9-21(17-40)38(5)27(41)16-37-29(43)46-30(2,3)4/h10-11,13-15,21H,7-9,12,16-18H2,1-6H3,(H,37,43)/t21-/m0/s1. The Balaban J connectivity index is 1.84. The molecule has 1 aliphatic rings. The summed E-state index contributed by atoms with van der Waals surface area (Å²) in [6.45, 7) is 6.66. The summed E-state index contributed by atoms with van der Waals surface area (Å²) in [5.41, 5.74) is -2.57. The molecule has 0 unspecified atom stereocenters. The van der Waals surface area contributed by atoms with E-state index >= 15 is 0 Å². The number of sulfone groups is 1. The van der Waals surface area contributed by atoms with Gasteiger partial charge in [0.1, 0.15) is 12.1 Å². The number of amides is 3. The van der Waals surface area contributed by atoms with Crippen LogP contribution in [0.15, 0.2) is 35.2 Å². The number of nitrogens with one attached hydrogen (secondary N) is 1. The van der Waals surface area contributed by atoms with Crippen LogP contribution in [-0.2, 0) is 32.1 Å². The van der Waals surface area contributed by atoms with E-state index in [4.69, 9.17) is 27.9 Å². The maximum atomic E-state index is 14.4. The fraction of sp³-hybridized carbons (Fsp3) is 0.516. The molecule has 1 saturated heterocycles. The fourth-order valence-electron chi connectivity index (χ4n) is 5.15. The molecule has 3 amide bonds. The number of rotatable bonds is 9. The SMILES string of the molecule is CCS(=O)(=O)c1ccc(Cl)cc1N(C)C(=O)c1cc(Cl)c(CN2CCC[C@H](N(C)C(=O)CNC(=O)OC(C)(C)C)C2)c(C(F)(F)F)c1. The van der Waals surface area contributed by atoms with E-state index in [0.29, 0.717) is 25.5 Å². The number of alkyl carbamates (subject to hydrolysis) is 1. The van der Waals surface area contributed by atoms with E-state index in [2.05, 4.69) is 5.32 Å². The first-order valence-corrected chi connectivity index (χ1v) is 17.2. The normalized spacial score (nSPS) is 16.0. The highest BCUT2D eigenvalue weighted by atomic mass is 35.5. The molecule has 1 heterocycles. The molecular weight excluding hydrogens is 684 g/mol. The number of alkyl halides is 3. The minimum Gasteiger partial charge on any atom is -0.444 e. The molecule has 1 aliphatic heterocycles. The molecule has 260 valence electrons. The number of carbonyl (C=O) groups excluding carboxylic acids is 3. The highest BCUT2D eigenvalue weighted by Gasteiger charge is 2.37. The van der Waals surface area contributed by atoms with Crippen molar-refractivity contribution < 1.29 is 40.7 Å². The van der Waals surface area contributed by atoms with Crippen molar-refractivity contribution in [2.45, 2.75) is 69.8 Å². The highest BCUT2D eigenvalue weighted by molar-refractivity contribution is 7.91. The number of halogens is 5. The Bertz CT molecular complexity index is 1620. The lowest BCUT2D eigenvalue weighted by molar-refractivity contribution is -0.138. The van der Waals surface area contributed by atoms with Gasteiger partial charge in [-0.25, -0.2) is 13.2 Å². The van der Waals surface area contributed by atoms with Gasteiger partial charge < -0.3 is 19.9 Å². The summed E-state index contributed by atoms with van der Waals surface area (Å²) in [5, 5.41) is 2.25. The number of likely N-dealkylation sites (tertiary alicyclic amines) is 1. The van der Waals surface area contributed by atoms with Crippen molar-refractivity contribution in [2.75, 3.05) is 44.4 Å². The van der Waals surface area contributed by atoms with Crippen LogP contribution >= 0.6 is 23.2 Å². The smallest absolute Gasteiger partial charge is 0.416 e. The topological polar surface area (TPSA) is 116 Å². The van der Waals surface area contributed by atoms with E-state index in [1.807, 2.05) is 0 Å². The van der Waals surface area contributed by atoms with Gasteiger partial charge in [0, 0.05) is 48.8 Å². The molecule has 0 radical (unpaired) electrons. The Kier molecular flexibility index (Phi) is 12.3. The van der Waals surface area contributed by atoms with Crippen molar-refractivity contribution in [3.05, 3.63) is 57.1 Å². The van der Waals surface area contributed by atoms with Gasteiger partial charge in [0.25, 0.3) is 5.91 Å². The van der Waals surface area contributed by atoms with Crippen LogP contribution in [0.3, 0.4) is 0 Å². The van der Waals surface area contributed by atoms with Crippen molar-refractivity contribution in [2.24, 2.45) is 0 Å². The second-order valence-electron chi connectivity index (χ2n) is 12.3. The monoisotopic (exact) mass is 722 g/mol. The Labute approximate surface area is 283 Å². The second kappa shape index (κ2) is 15.0. The zero-order valence-electron chi connectivity index (χ0n) is 27.0. The quantitative estimate of drug-likeness (QED) is 0.336. The van der Waals surface area contributed by atoms with Crippen LogP contribution < -0.4 is 10.2 Å². The van der Waals surface area contributed by atoms with Gasteiger partial charge in [-0.2, -0.15) is 13.2 Å². The summed E-state index contributed by atoms with van der Waals surface area (Å²) in [7, 11) is -1.00. The van der Waals surface area contributed by atoms with Crippen LogP contribution in [-0.4, -0.2) is 87.3 Å². The molecule has 1 fully saturated rings. The van der Waals surface area contributed by atoms with Gasteiger partial charge in [0.15, 0.2) is 9.84 Å². The van der Waals surface area contributed by atoms with Gasteiger partial charge in [-0.05, 0) is 76.1 Å². The molecule has 1 N–H and O–H groups in total. The van der Waals surface area contributed by atoms with E-state index in [-0.39, 0.29) is 57.6 Å². The van der Waals surface area contributed by atoms with E-state index in [0.717, 1.165) is 11.0 Å². The van der Waals surface area contributed by atoms with Gasteiger partial charge in [0.2, 0.25) is 5.91 Å². The average Bonchev–Trinajstić information content (AvgIpc) is 2.98. The highest BCUT2D eigenvalue weighted by Crippen LogP contribution is 2.38. The van der Waals surface area contributed by atoms with E-state index in [9.17, 15) is 36.0 Å². The number of likely N-dealkylation sites (N-methyl/N-ethyl adjacent to an activating group) is 1. The first kappa shape index (κ1) is 38.4. The molecule has 0 spiro atoms. The molecule has 3 rings (SSSR count). The minimum atomic E-state index is -4.88. The van der Waals surface area contributed by atoms with Crippen molar-refractivity contribution in [3.8, 4) is 0 Å². The Morgan fingerprint density at radius 1 is 1.09 bits per heavy atom. The third kappa shape index (κ3) is 9.97. The molecule has 16 heteroatoms. The van der Waals surface area contributed by atoms with Crippen molar-refractivity contribution in [1.29, 1.82) is 0 Å². The summed E-state index contributed by atoms with van der Waals surface area (Å²) in [4.78, 5) is 42.1. The number of hydrogen-bond donors (Lipinski definition) is 1. The minimum absolute atomic E-state index is 0.0857. The predicted molar refractivity (Wildman–Crippen MR) is 174 cm³/mol. The van der Waals surface area contributed by atoms with E-state index in [1.54, 1.807) is 32.7 Å². The molecule has 1 atom stereocenters. The number of piperidine rings is 1. The number of ether oxygens (including phenoxy) is 1. The lowest BCUT2D eigenvalue weighted by atomic mass is 9.99. The van der Waals surface area contributed by atoms with Crippen molar-refractivity contribution in [1.82, 2.24) is 15.1 Å². The number of anilines is 1. The summed E-state index contributed by atoms with van der Waals surface area (Å²) < 4.78 is 73.8. The van der Waals surface area contributed by atoms with E-state index < -0.39 is 50.6 Å². The largest absolute Gasteiger partial charge is 0.444 e. The first-order chi connectivity index (χ1) is 21.6. The number of hydrogen-bond acceptors (Lipinski definition) is 7. The summed E-state index contributed by atoms with van der Waals surface area (Å²) in [6.07, 6.45) is -4.43. The lowest BCUT2D eigenvalue weighted by Gasteiger charge is -2.38. The Morgan fingerprint density at radius 3 is 2.34 bits per heavy atom. The van der Waals surface area contributed by atoms with Crippen LogP contribution in [0.4, 0.5) is 23.7 Å². The Hall–Kier alpha value is -3.07. The molecule has 0 aromatic heterocycles. The van der Waals surface area contributed by atoms with Crippen LogP contribution in [0.5, 0.6) is 0 Å². The third-order valence-corrected chi connectivity index (χ3v) is 9.98. The maximum absolute atomic E-state index is 14.4. The third-order valence-electron chi connectivity index (χ3n) is 7.64. The maximum Gasteiger partial charge on any atom is 0.416 e.